The summed E-state index contributed by atoms with van der Waals surface area (Å²) in [5.41, 5.74) is -0.694. The van der Waals surface area contributed by atoms with Crippen molar-refractivity contribution >= 4 is 23.8 Å². The van der Waals surface area contributed by atoms with Crippen molar-refractivity contribution in [1.29, 1.82) is 0 Å². The van der Waals surface area contributed by atoms with Crippen LogP contribution in [0, 0.1) is 5.41 Å². The van der Waals surface area contributed by atoms with E-state index >= 15 is 0 Å². The normalized spacial score (nSPS) is 18.6. The Labute approximate surface area is 99.4 Å². The summed E-state index contributed by atoms with van der Waals surface area (Å²) < 4.78 is 0. The minimum Gasteiger partial charge on any atom is -0.481 e. The Morgan fingerprint density at radius 1 is 1.50 bits per heavy atom. The van der Waals surface area contributed by atoms with Gasteiger partial charge in [-0.05, 0) is 26.0 Å². The van der Waals surface area contributed by atoms with Crippen LogP contribution >= 0.6 is 11.8 Å². The van der Waals surface area contributed by atoms with Crippen LogP contribution in [0.4, 0.5) is 4.79 Å². The van der Waals surface area contributed by atoms with Crippen LogP contribution in [0.15, 0.2) is 0 Å². The number of thioether (sulfide) groups is 1. The van der Waals surface area contributed by atoms with Gasteiger partial charge in [0.15, 0.2) is 0 Å². The Balaban J connectivity index is 2.23. The first-order valence-electron chi connectivity index (χ1n) is 5.27. The van der Waals surface area contributed by atoms with E-state index in [1.807, 2.05) is 13.2 Å². The third-order valence-corrected chi connectivity index (χ3v) is 3.52. The molecule has 6 heteroatoms. The van der Waals surface area contributed by atoms with Crippen molar-refractivity contribution in [3.8, 4) is 0 Å². The van der Waals surface area contributed by atoms with Gasteiger partial charge in [-0.15, -0.1) is 0 Å². The molecule has 0 bridgehead atoms. The fourth-order valence-corrected chi connectivity index (χ4v) is 2.02. The Bertz CT molecular complexity index is 279. The monoisotopic (exact) mass is 246 g/mol. The molecule has 1 saturated carbocycles. The molecular weight excluding hydrogens is 228 g/mol. The van der Waals surface area contributed by atoms with Crippen molar-refractivity contribution in [2.75, 3.05) is 18.6 Å². The second-order valence-electron chi connectivity index (χ2n) is 4.27. The van der Waals surface area contributed by atoms with E-state index in [1.54, 1.807) is 11.8 Å². The maximum atomic E-state index is 11.4. The lowest BCUT2D eigenvalue weighted by Gasteiger charge is -2.15. The number of rotatable bonds is 6. The van der Waals surface area contributed by atoms with Gasteiger partial charge in [0, 0.05) is 18.3 Å². The van der Waals surface area contributed by atoms with Crippen LogP contribution in [-0.4, -0.2) is 41.7 Å². The molecular formula is C10H18N2O3S. The summed E-state index contributed by atoms with van der Waals surface area (Å²) in [6.45, 7) is 2.14. The first kappa shape index (κ1) is 13.2. The van der Waals surface area contributed by atoms with E-state index in [9.17, 15) is 9.59 Å². The number of hydrogen-bond donors (Lipinski definition) is 3. The molecule has 1 rings (SSSR count). The quantitative estimate of drug-likeness (QED) is 0.650. The lowest BCUT2D eigenvalue weighted by Crippen LogP contribution is -2.44. The second kappa shape index (κ2) is 5.43. The molecule has 1 fully saturated rings. The summed E-state index contributed by atoms with van der Waals surface area (Å²) in [6, 6.07) is -0.191. The minimum absolute atomic E-state index is 0.0926. The number of aliphatic carboxylic acids is 1. The second-order valence-corrected chi connectivity index (χ2v) is 5.18. The van der Waals surface area contributed by atoms with Crippen molar-refractivity contribution in [3.63, 3.8) is 0 Å². The van der Waals surface area contributed by atoms with Crippen LogP contribution in [-0.2, 0) is 4.79 Å². The first-order valence-corrected chi connectivity index (χ1v) is 6.66. The summed E-state index contributed by atoms with van der Waals surface area (Å²) in [5, 5.41) is 14.3. The third kappa shape index (κ3) is 3.59. The number of carboxylic acids is 1. The molecule has 0 aromatic rings. The predicted molar refractivity (Wildman–Crippen MR) is 63.7 cm³/mol. The van der Waals surface area contributed by atoms with Crippen LogP contribution in [0.1, 0.15) is 19.8 Å². The molecule has 5 nitrogen and oxygen atoms in total. The van der Waals surface area contributed by atoms with Gasteiger partial charge in [0.1, 0.15) is 0 Å². The number of nitrogens with one attached hydrogen (secondary N) is 2. The summed E-state index contributed by atoms with van der Waals surface area (Å²) >= 11 is 1.66. The van der Waals surface area contributed by atoms with Crippen LogP contribution < -0.4 is 10.6 Å². The van der Waals surface area contributed by atoms with Crippen molar-refractivity contribution in [2.45, 2.75) is 25.8 Å². The van der Waals surface area contributed by atoms with Crippen molar-refractivity contribution in [3.05, 3.63) is 0 Å². The molecule has 0 radical (unpaired) electrons. The van der Waals surface area contributed by atoms with Gasteiger partial charge in [-0.25, -0.2) is 4.79 Å². The molecule has 92 valence electrons. The lowest BCUT2D eigenvalue weighted by atomic mass is 10.1. The number of carbonyl (C=O) groups excluding carboxylic acids is 1. The Hall–Kier alpha value is -0.910. The zero-order chi connectivity index (χ0) is 12.2. The van der Waals surface area contributed by atoms with E-state index < -0.39 is 11.4 Å². The fraction of sp³-hybridized carbons (Fsp3) is 0.800. The molecule has 3 N–H and O–H groups in total. The third-order valence-electron chi connectivity index (χ3n) is 2.69. The van der Waals surface area contributed by atoms with Crippen LogP contribution in [0.5, 0.6) is 0 Å². The average Bonchev–Trinajstić information content (AvgIpc) is 2.95. The smallest absolute Gasteiger partial charge is 0.315 e. The topological polar surface area (TPSA) is 78.4 Å². The highest BCUT2D eigenvalue weighted by molar-refractivity contribution is 7.98. The predicted octanol–water partition coefficient (Wildman–Crippen LogP) is 0.902. The number of amides is 2. The Morgan fingerprint density at radius 2 is 2.12 bits per heavy atom. The van der Waals surface area contributed by atoms with Gasteiger partial charge in [-0.2, -0.15) is 11.8 Å². The maximum absolute atomic E-state index is 11.4. The summed E-state index contributed by atoms with van der Waals surface area (Å²) in [4.78, 5) is 22.2. The van der Waals surface area contributed by atoms with Gasteiger partial charge in [-0.3, -0.25) is 4.79 Å². The van der Waals surface area contributed by atoms with E-state index in [-0.39, 0.29) is 18.6 Å². The molecule has 0 aromatic heterocycles. The molecule has 0 spiro atoms. The van der Waals surface area contributed by atoms with Crippen molar-refractivity contribution in [2.24, 2.45) is 5.41 Å². The first-order chi connectivity index (χ1) is 7.50. The van der Waals surface area contributed by atoms with Gasteiger partial charge in [0.2, 0.25) is 0 Å². The van der Waals surface area contributed by atoms with Crippen molar-refractivity contribution in [1.82, 2.24) is 10.6 Å². The molecule has 1 unspecified atom stereocenters. The lowest BCUT2D eigenvalue weighted by molar-refractivity contribution is -0.143. The molecule has 1 aliphatic carbocycles. The Kier molecular flexibility index (Phi) is 4.46. The standard InChI is InChI=1S/C10H18N2O3S/c1-7(5-16-2)12-9(15)11-6-10(3-4-10)8(13)14/h7H,3-6H2,1-2H3,(H,13,14)(H2,11,12,15). The molecule has 0 aliphatic heterocycles. The molecule has 1 atom stereocenters. The number of hydrogen-bond acceptors (Lipinski definition) is 3. The molecule has 16 heavy (non-hydrogen) atoms. The highest BCUT2D eigenvalue weighted by atomic mass is 32.2. The van der Waals surface area contributed by atoms with Gasteiger partial charge < -0.3 is 15.7 Å². The Morgan fingerprint density at radius 3 is 2.56 bits per heavy atom. The largest absolute Gasteiger partial charge is 0.481 e. The summed E-state index contributed by atoms with van der Waals surface area (Å²) in [5.74, 6) is 0.0299. The van der Waals surface area contributed by atoms with Crippen LogP contribution in [0.3, 0.4) is 0 Å². The number of carboxylic acid groups (broad SMARTS) is 1. The minimum atomic E-state index is -0.815. The average molecular weight is 246 g/mol. The number of carbonyl (C=O) groups is 2. The molecule has 0 heterocycles. The van der Waals surface area contributed by atoms with Gasteiger partial charge >= 0.3 is 12.0 Å². The van der Waals surface area contributed by atoms with E-state index in [4.69, 9.17) is 5.11 Å². The van der Waals surface area contributed by atoms with Gasteiger partial charge in [-0.1, -0.05) is 0 Å². The summed E-state index contributed by atoms with van der Waals surface area (Å²) in [7, 11) is 0. The van der Waals surface area contributed by atoms with Crippen LogP contribution in [0.25, 0.3) is 0 Å². The highest BCUT2D eigenvalue weighted by Crippen LogP contribution is 2.45. The molecule has 1 aliphatic rings. The van der Waals surface area contributed by atoms with E-state index in [1.165, 1.54) is 0 Å². The van der Waals surface area contributed by atoms with E-state index in [0.717, 1.165) is 5.75 Å². The molecule has 0 aromatic carbocycles. The van der Waals surface area contributed by atoms with Gasteiger partial charge in [0.25, 0.3) is 0 Å². The molecule has 0 saturated heterocycles. The van der Waals surface area contributed by atoms with E-state index in [0.29, 0.717) is 12.8 Å². The highest BCUT2D eigenvalue weighted by Gasteiger charge is 2.50. The SMILES string of the molecule is CSCC(C)NC(=O)NCC1(C(=O)O)CC1. The van der Waals surface area contributed by atoms with Gasteiger partial charge in [0.05, 0.1) is 5.41 Å². The molecule has 2 amide bonds. The zero-order valence-electron chi connectivity index (χ0n) is 9.58. The van der Waals surface area contributed by atoms with Crippen LogP contribution in [0.2, 0.25) is 0 Å². The number of urea groups is 1. The zero-order valence-corrected chi connectivity index (χ0v) is 10.4. The maximum Gasteiger partial charge on any atom is 0.315 e. The van der Waals surface area contributed by atoms with E-state index in [2.05, 4.69) is 10.6 Å². The fourth-order valence-electron chi connectivity index (χ4n) is 1.43. The summed E-state index contributed by atoms with van der Waals surface area (Å²) in [6.07, 6.45) is 3.28. The van der Waals surface area contributed by atoms with Crippen molar-refractivity contribution < 1.29 is 14.7 Å².